The van der Waals surface area contributed by atoms with E-state index in [4.69, 9.17) is 5.73 Å². The Morgan fingerprint density at radius 3 is 2.63 bits per heavy atom. The highest BCUT2D eigenvalue weighted by Crippen LogP contribution is 2.03. The second kappa shape index (κ2) is 9.28. The third kappa shape index (κ3) is 7.50. The molecule has 1 unspecified atom stereocenters. The smallest absolute Gasteiger partial charge is 0.220 e. The fourth-order valence-corrected chi connectivity index (χ4v) is 2.19. The average molecular weight is 270 g/mol. The van der Waals surface area contributed by atoms with Crippen molar-refractivity contribution in [1.82, 2.24) is 15.1 Å². The average Bonchev–Trinajstić information content (AvgIpc) is 2.42. The Hall–Kier alpha value is -0.650. The van der Waals surface area contributed by atoms with Crippen LogP contribution in [0.25, 0.3) is 0 Å². The number of likely N-dealkylation sites (N-methyl/N-ethyl adjacent to an activating group) is 1. The van der Waals surface area contributed by atoms with Crippen LogP contribution < -0.4 is 11.1 Å². The summed E-state index contributed by atoms with van der Waals surface area (Å²) in [5, 5.41) is 2.99. The van der Waals surface area contributed by atoms with Crippen LogP contribution in [0.1, 0.15) is 26.2 Å². The number of nitrogens with one attached hydrogen (secondary N) is 1. The number of hydrogen-bond donors (Lipinski definition) is 2. The predicted octanol–water partition coefficient (Wildman–Crippen LogP) is 0.115. The van der Waals surface area contributed by atoms with E-state index in [0.717, 1.165) is 52.1 Å². The van der Waals surface area contributed by atoms with Gasteiger partial charge in [0.05, 0.1) is 0 Å². The molecule has 19 heavy (non-hydrogen) atoms. The minimum absolute atomic E-state index is 0.165. The summed E-state index contributed by atoms with van der Waals surface area (Å²) in [4.78, 5) is 16.4. The molecule has 5 nitrogen and oxygen atoms in total. The summed E-state index contributed by atoms with van der Waals surface area (Å²) in [6, 6.07) is 0. The lowest BCUT2D eigenvalue weighted by molar-refractivity contribution is -0.121. The van der Waals surface area contributed by atoms with E-state index in [9.17, 15) is 4.79 Å². The van der Waals surface area contributed by atoms with Gasteiger partial charge in [0.2, 0.25) is 5.91 Å². The highest BCUT2D eigenvalue weighted by atomic mass is 16.1. The summed E-state index contributed by atoms with van der Waals surface area (Å²) in [7, 11) is 2.17. The SMILES string of the molecule is CC(CN)CCC(=O)NCCCN1CCN(C)CC1. The quantitative estimate of drug-likeness (QED) is 0.615. The van der Waals surface area contributed by atoms with Crippen LogP contribution in [-0.4, -0.2) is 68.6 Å². The number of nitrogens with two attached hydrogens (primary N) is 1. The molecule has 1 aliphatic rings. The van der Waals surface area contributed by atoms with Gasteiger partial charge in [-0.1, -0.05) is 6.92 Å². The molecule has 0 aromatic carbocycles. The molecule has 1 aliphatic heterocycles. The minimum atomic E-state index is 0.165. The molecule has 0 aromatic heterocycles. The lowest BCUT2D eigenvalue weighted by Crippen LogP contribution is -2.45. The Labute approximate surface area is 117 Å². The van der Waals surface area contributed by atoms with Gasteiger partial charge in [-0.05, 0) is 38.9 Å². The molecule has 3 N–H and O–H groups in total. The molecule has 0 bridgehead atoms. The van der Waals surface area contributed by atoms with Crippen molar-refractivity contribution in [3.05, 3.63) is 0 Å². The standard InChI is InChI=1S/C14H30N4O/c1-13(12-15)4-5-14(19)16-6-3-7-18-10-8-17(2)9-11-18/h13H,3-12,15H2,1-2H3,(H,16,19). The molecule has 0 aromatic rings. The Bertz CT molecular complexity index is 252. The van der Waals surface area contributed by atoms with E-state index in [2.05, 4.69) is 29.1 Å². The molecule has 1 amide bonds. The first-order valence-corrected chi connectivity index (χ1v) is 7.49. The van der Waals surface area contributed by atoms with E-state index in [1.807, 2.05) is 0 Å². The van der Waals surface area contributed by atoms with Crippen molar-refractivity contribution in [1.29, 1.82) is 0 Å². The van der Waals surface area contributed by atoms with E-state index in [0.29, 0.717) is 18.9 Å². The molecular weight excluding hydrogens is 240 g/mol. The lowest BCUT2D eigenvalue weighted by atomic mass is 10.1. The van der Waals surface area contributed by atoms with Gasteiger partial charge in [-0.2, -0.15) is 0 Å². The van der Waals surface area contributed by atoms with Gasteiger partial charge in [-0.15, -0.1) is 0 Å². The Balaban J connectivity index is 1.96. The fourth-order valence-electron chi connectivity index (χ4n) is 2.19. The van der Waals surface area contributed by atoms with Gasteiger partial charge in [-0.25, -0.2) is 0 Å². The summed E-state index contributed by atoms with van der Waals surface area (Å²) >= 11 is 0. The lowest BCUT2D eigenvalue weighted by Gasteiger charge is -2.32. The summed E-state index contributed by atoms with van der Waals surface area (Å²) in [6.07, 6.45) is 2.54. The Morgan fingerprint density at radius 2 is 2.00 bits per heavy atom. The van der Waals surface area contributed by atoms with Gasteiger partial charge in [0.15, 0.2) is 0 Å². The van der Waals surface area contributed by atoms with E-state index in [1.165, 1.54) is 0 Å². The minimum Gasteiger partial charge on any atom is -0.356 e. The van der Waals surface area contributed by atoms with E-state index >= 15 is 0 Å². The zero-order valence-electron chi connectivity index (χ0n) is 12.5. The van der Waals surface area contributed by atoms with Crippen LogP contribution in [0.2, 0.25) is 0 Å². The molecule has 0 spiro atoms. The van der Waals surface area contributed by atoms with Crippen molar-refractivity contribution in [3.8, 4) is 0 Å². The van der Waals surface area contributed by atoms with E-state index in [-0.39, 0.29) is 5.91 Å². The van der Waals surface area contributed by atoms with Crippen molar-refractivity contribution in [2.24, 2.45) is 11.7 Å². The van der Waals surface area contributed by atoms with E-state index < -0.39 is 0 Å². The second-order valence-corrected chi connectivity index (χ2v) is 5.73. The molecule has 0 aliphatic carbocycles. The number of amides is 1. The molecule has 0 saturated carbocycles. The first-order valence-electron chi connectivity index (χ1n) is 7.49. The van der Waals surface area contributed by atoms with Gasteiger partial charge in [0.1, 0.15) is 0 Å². The van der Waals surface area contributed by atoms with Crippen molar-refractivity contribution >= 4 is 5.91 Å². The number of nitrogens with zero attached hydrogens (tertiary/aromatic N) is 2. The normalized spacial score (nSPS) is 19.3. The molecule has 112 valence electrons. The maximum Gasteiger partial charge on any atom is 0.220 e. The van der Waals surface area contributed by atoms with Gasteiger partial charge >= 0.3 is 0 Å². The first-order chi connectivity index (χ1) is 9.11. The second-order valence-electron chi connectivity index (χ2n) is 5.73. The van der Waals surface area contributed by atoms with Crippen LogP contribution in [-0.2, 0) is 4.79 Å². The Kier molecular flexibility index (Phi) is 8.02. The third-order valence-electron chi connectivity index (χ3n) is 3.84. The maximum absolute atomic E-state index is 11.6. The molecule has 1 rings (SSSR count). The van der Waals surface area contributed by atoms with Crippen molar-refractivity contribution < 1.29 is 4.79 Å². The summed E-state index contributed by atoms with van der Waals surface area (Å²) in [6.45, 7) is 9.25. The zero-order chi connectivity index (χ0) is 14.1. The number of piperazine rings is 1. The molecule has 1 heterocycles. The number of rotatable bonds is 8. The topological polar surface area (TPSA) is 61.6 Å². The van der Waals surface area contributed by atoms with Crippen LogP contribution in [0, 0.1) is 5.92 Å². The molecule has 1 saturated heterocycles. The van der Waals surface area contributed by atoms with Crippen LogP contribution in [0.4, 0.5) is 0 Å². The summed E-state index contributed by atoms with van der Waals surface area (Å²) in [5.74, 6) is 0.606. The number of carbonyl (C=O) groups excluding carboxylic acids is 1. The summed E-state index contributed by atoms with van der Waals surface area (Å²) in [5.41, 5.74) is 5.53. The molecular formula is C14H30N4O. The number of carbonyl (C=O) groups is 1. The van der Waals surface area contributed by atoms with Gasteiger partial charge < -0.3 is 20.9 Å². The predicted molar refractivity (Wildman–Crippen MR) is 79.0 cm³/mol. The van der Waals surface area contributed by atoms with Gasteiger partial charge in [0, 0.05) is 39.1 Å². The highest BCUT2D eigenvalue weighted by Gasteiger charge is 2.12. The largest absolute Gasteiger partial charge is 0.356 e. The van der Waals surface area contributed by atoms with Gasteiger partial charge in [0.25, 0.3) is 0 Å². The number of hydrogen-bond acceptors (Lipinski definition) is 4. The Morgan fingerprint density at radius 1 is 1.32 bits per heavy atom. The third-order valence-corrected chi connectivity index (χ3v) is 3.84. The molecule has 5 heteroatoms. The van der Waals surface area contributed by atoms with Crippen LogP contribution >= 0.6 is 0 Å². The van der Waals surface area contributed by atoms with Crippen LogP contribution in [0.5, 0.6) is 0 Å². The first kappa shape index (κ1) is 16.4. The maximum atomic E-state index is 11.6. The zero-order valence-corrected chi connectivity index (χ0v) is 12.5. The highest BCUT2D eigenvalue weighted by molar-refractivity contribution is 5.75. The fraction of sp³-hybridized carbons (Fsp3) is 0.929. The van der Waals surface area contributed by atoms with Crippen LogP contribution in [0.15, 0.2) is 0 Å². The van der Waals surface area contributed by atoms with E-state index in [1.54, 1.807) is 0 Å². The van der Waals surface area contributed by atoms with Gasteiger partial charge in [-0.3, -0.25) is 4.79 Å². The van der Waals surface area contributed by atoms with Crippen molar-refractivity contribution in [2.45, 2.75) is 26.2 Å². The van der Waals surface area contributed by atoms with Crippen molar-refractivity contribution in [2.75, 3.05) is 52.9 Å². The van der Waals surface area contributed by atoms with Crippen LogP contribution in [0.3, 0.4) is 0 Å². The van der Waals surface area contributed by atoms with Crippen molar-refractivity contribution in [3.63, 3.8) is 0 Å². The molecule has 1 fully saturated rings. The monoisotopic (exact) mass is 270 g/mol. The summed E-state index contributed by atoms with van der Waals surface area (Å²) < 4.78 is 0. The molecule has 0 radical (unpaired) electrons. The molecule has 1 atom stereocenters.